The van der Waals surface area contributed by atoms with Crippen molar-refractivity contribution in [3.05, 3.63) is 51.7 Å². The molecule has 2 rings (SSSR count). The second-order valence-corrected chi connectivity index (χ2v) is 5.75. The van der Waals surface area contributed by atoms with E-state index in [-0.39, 0.29) is 0 Å². The Morgan fingerprint density at radius 1 is 1.35 bits per heavy atom. The van der Waals surface area contributed by atoms with Crippen LogP contribution in [0.1, 0.15) is 16.0 Å². The molecule has 0 saturated carbocycles. The van der Waals surface area contributed by atoms with Crippen LogP contribution in [0.5, 0.6) is 5.75 Å². The Balaban J connectivity index is 1.89. The summed E-state index contributed by atoms with van der Waals surface area (Å²) in [5.74, 6) is 0.694. The molecule has 0 radical (unpaired) electrons. The summed E-state index contributed by atoms with van der Waals surface area (Å²) in [6, 6.07) is 9.93. The second kappa shape index (κ2) is 7.38. The van der Waals surface area contributed by atoms with Crippen molar-refractivity contribution in [1.29, 1.82) is 0 Å². The van der Waals surface area contributed by atoms with Gasteiger partial charge < -0.3 is 15.2 Å². The Hall–Kier alpha value is -1.43. The average molecular weight is 307 g/mol. The van der Waals surface area contributed by atoms with Gasteiger partial charge in [0.2, 0.25) is 0 Å². The fourth-order valence-electron chi connectivity index (χ4n) is 1.86. The number of hydrogen-bond acceptors (Lipinski definition) is 4. The molecule has 0 amide bonds. The highest BCUT2D eigenvalue weighted by molar-refractivity contribution is 7.80. The number of thiophene rings is 1. The van der Waals surface area contributed by atoms with E-state index in [0.717, 1.165) is 17.5 Å². The van der Waals surface area contributed by atoms with Crippen molar-refractivity contribution in [3.63, 3.8) is 0 Å². The van der Waals surface area contributed by atoms with Crippen LogP contribution in [0.3, 0.4) is 0 Å². The third-order valence-corrected chi connectivity index (χ3v) is 4.03. The van der Waals surface area contributed by atoms with E-state index in [1.54, 1.807) is 18.4 Å². The molecule has 2 N–H and O–H groups in total. The normalized spacial score (nSPS) is 10.4. The van der Waals surface area contributed by atoms with Crippen molar-refractivity contribution >= 4 is 28.5 Å². The Labute approximate surface area is 128 Å². The number of thiocarbonyl (C=S) groups is 1. The molecule has 1 aromatic heterocycles. The standard InChI is InChI=1S/C15H17NO2S2/c1-17-14-5-4-11(9-13(14)15(16)19)10-18-7-6-12-3-2-8-20-12/h2-5,8-9H,6-7,10H2,1H3,(H2,16,19). The van der Waals surface area contributed by atoms with Gasteiger partial charge in [-0.15, -0.1) is 11.3 Å². The molecule has 0 atom stereocenters. The fraction of sp³-hybridized carbons (Fsp3) is 0.267. The van der Waals surface area contributed by atoms with E-state index < -0.39 is 0 Å². The van der Waals surface area contributed by atoms with Gasteiger partial charge in [0, 0.05) is 11.3 Å². The molecule has 0 aliphatic carbocycles. The largest absolute Gasteiger partial charge is 0.496 e. The average Bonchev–Trinajstić information content (AvgIpc) is 2.96. The minimum absolute atomic E-state index is 0.335. The highest BCUT2D eigenvalue weighted by atomic mass is 32.1. The lowest BCUT2D eigenvalue weighted by Gasteiger charge is -2.10. The van der Waals surface area contributed by atoms with Gasteiger partial charge in [-0.05, 0) is 29.1 Å². The summed E-state index contributed by atoms with van der Waals surface area (Å²) in [6.45, 7) is 1.25. The Kier molecular flexibility index (Phi) is 5.52. The lowest BCUT2D eigenvalue weighted by molar-refractivity contribution is 0.124. The van der Waals surface area contributed by atoms with Crippen LogP contribution in [-0.4, -0.2) is 18.7 Å². The van der Waals surface area contributed by atoms with Crippen LogP contribution in [0.15, 0.2) is 35.7 Å². The Bertz CT molecular complexity index is 567. The molecule has 2 aromatic rings. The molecule has 3 nitrogen and oxygen atoms in total. The molecule has 20 heavy (non-hydrogen) atoms. The second-order valence-electron chi connectivity index (χ2n) is 4.28. The fourth-order valence-corrected chi connectivity index (χ4v) is 2.70. The van der Waals surface area contributed by atoms with Gasteiger partial charge in [0.15, 0.2) is 0 Å². The molecule has 0 saturated heterocycles. The SMILES string of the molecule is COc1ccc(COCCc2cccs2)cc1C(N)=S. The predicted octanol–water partition coefficient (Wildman–Crippen LogP) is 3.15. The lowest BCUT2D eigenvalue weighted by atomic mass is 10.1. The van der Waals surface area contributed by atoms with E-state index in [4.69, 9.17) is 27.4 Å². The molecular weight excluding hydrogens is 290 g/mol. The minimum atomic E-state index is 0.335. The van der Waals surface area contributed by atoms with E-state index in [1.807, 2.05) is 18.2 Å². The van der Waals surface area contributed by atoms with Crippen molar-refractivity contribution < 1.29 is 9.47 Å². The van der Waals surface area contributed by atoms with Crippen LogP contribution < -0.4 is 10.5 Å². The molecule has 1 heterocycles. The monoisotopic (exact) mass is 307 g/mol. The van der Waals surface area contributed by atoms with Gasteiger partial charge in [-0.25, -0.2) is 0 Å². The molecule has 0 spiro atoms. The summed E-state index contributed by atoms with van der Waals surface area (Å²) in [4.78, 5) is 1.67. The van der Waals surface area contributed by atoms with E-state index in [2.05, 4.69) is 17.5 Å². The van der Waals surface area contributed by atoms with Crippen LogP contribution in [0, 0.1) is 0 Å². The summed E-state index contributed by atoms with van der Waals surface area (Å²) >= 11 is 6.77. The molecule has 0 aliphatic rings. The van der Waals surface area contributed by atoms with Crippen molar-refractivity contribution in [2.45, 2.75) is 13.0 Å². The lowest BCUT2D eigenvalue weighted by Crippen LogP contribution is -2.11. The first-order valence-corrected chi connectivity index (χ1v) is 7.56. The Morgan fingerprint density at radius 3 is 2.85 bits per heavy atom. The first-order chi connectivity index (χ1) is 9.70. The van der Waals surface area contributed by atoms with Crippen molar-refractivity contribution in [1.82, 2.24) is 0 Å². The third-order valence-electron chi connectivity index (χ3n) is 2.87. The van der Waals surface area contributed by atoms with E-state index in [1.165, 1.54) is 4.88 Å². The van der Waals surface area contributed by atoms with Crippen LogP contribution in [-0.2, 0) is 17.8 Å². The van der Waals surface area contributed by atoms with Crippen LogP contribution in [0.4, 0.5) is 0 Å². The number of rotatable bonds is 7. The van der Waals surface area contributed by atoms with Gasteiger partial charge in [0.05, 0.1) is 25.9 Å². The number of methoxy groups -OCH3 is 1. The molecule has 0 unspecified atom stereocenters. The third kappa shape index (κ3) is 4.03. The van der Waals surface area contributed by atoms with Crippen molar-refractivity contribution in [2.75, 3.05) is 13.7 Å². The molecule has 106 valence electrons. The maximum atomic E-state index is 5.69. The summed E-state index contributed by atoms with van der Waals surface area (Å²) in [5, 5.41) is 2.08. The topological polar surface area (TPSA) is 44.5 Å². The van der Waals surface area contributed by atoms with E-state index >= 15 is 0 Å². The van der Waals surface area contributed by atoms with Gasteiger partial charge in [-0.2, -0.15) is 0 Å². The zero-order valence-electron chi connectivity index (χ0n) is 11.3. The van der Waals surface area contributed by atoms with Gasteiger partial charge >= 0.3 is 0 Å². The predicted molar refractivity (Wildman–Crippen MR) is 86.6 cm³/mol. The number of nitrogens with two attached hydrogens (primary N) is 1. The van der Waals surface area contributed by atoms with Crippen LogP contribution >= 0.6 is 23.6 Å². The summed E-state index contributed by atoms with van der Waals surface area (Å²) < 4.78 is 10.9. The van der Waals surface area contributed by atoms with Crippen molar-refractivity contribution in [3.8, 4) is 5.75 Å². The number of benzene rings is 1. The smallest absolute Gasteiger partial charge is 0.129 e. The Morgan fingerprint density at radius 2 is 2.20 bits per heavy atom. The molecule has 0 aliphatic heterocycles. The maximum Gasteiger partial charge on any atom is 0.129 e. The zero-order chi connectivity index (χ0) is 14.4. The highest BCUT2D eigenvalue weighted by Gasteiger charge is 2.07. The summed E-state index contributed by atoms with van der Waals surface area (Å²) in [6.07, 6.45) is 0.940. The molecule has 0 bridgehead atoms. The molecule has 1 aromatic carbocycles. The zero-order valence-corrected chi connectivity index (χ0v) is 12.9. The number of ether oxygens (including phenoxy) is 2. The van der Waals surface area contributed by atoms with Gasteiger partial charge in [0.25, 0.3) is 0 Å². The van der Waals surface area contributed by atoms with Gasteiger partial charge in [-0.3, -0.25) is 0 Å². The van der Waals surface area contributed by atoms with Crippen LogP contribution in [0.2, 0.25) is 0 Å². The first-order valence-electron chi connectivity index (χ1n) is 6.27. The summed E-state index contributed by atoms with van der Waals surface area (Å²) in [7, 11) is 1.61. The van der Waals surface area contributed by atoms with E-state index in [9.17, 15) is 0 Å². The van der Waals surface area contributed by atoms with Gasteiger partial charge in [-0.1, -0.05) is 24.4 Å². The summed E-state index contributed by atoms with van der Waals surface area (Å²) in [5.41, 5.74) is 7.48. The first kappa shape index (κ1) is 15.0. The molecule has 0 fully saturated rings. The van der Waals surface area contributed by atoms with Crippen LogP contribution in [0.25, 0.3) is 0 Å². The quantitative estimate of drug-likeness (QED) is 0.630. The van der Waals surface area contributed by atoms with Gasteiger partial charge in [0.1, 0.15) is 10.7 Å². The highest BCUT2D eigenvalue weighted by Crippen LogP contribution is 2.20. The van der Waals surface area contributed by atoms with Crippen molar-refractivity contribution in [2.24, 2.45) is 5.73 Å². The maximum absolute atomic E-state index is 5.69. The molecule has 5 heteroatoms. The van der Waals surface area contributed by atoms with E-state index in [0.29, 0.717) is 24.0 Å². The molecular formula is C15H17NO2S2. The number of hydrogen-bond donors (Lipinski definition) is 1. The minimum Gasteiger partial charge on any atom is -0.496 e.